The summed E-state index contributed by atoms with van der Waals surface area (Å²) < 4.78 is 2.29. The summed E-state index contributed by atoms with van der Waals surface area (Å²) in [5.41, 5.74) is 5.84. The molecular formula is C23H15N3. The van der Waals surface area contributed by atoms with Crippen molar-refractivity contribution in [3.63, 3.8) is 0 Å². The van der Waals surface area contributed by atoms with Crippen molar-refractivity contribution in [2.24, 2.45) is 0 Å². The van der Waals surface area contributed by atoms with Gasteiger partial charge in [-0.05, 0) is 30.3 Å². The lowest BCUT2D eigenvalue weighted by molar-refractivity contribution is 1.14. The third-order valence-corrected chi connectivity index (χ3v) is 5.22. The standard InChI is InChI=1S/C23H15N3/c1-3-9-19-16(7-1)17-11-12-21-22(23(17)25-19)18-8-2-4-10-20(18)26(21)15-6-5-13-24-14-15/h1-14,25H. The summed E-state index contributed by atoms with van der Waals surface area (Å²) in [4.78, 5) is 7.97. The summed E-state index contributed by atoms with van der Waals surface area (Å²) in [5, 5.41) is 5.05. The summed E-state index contributed by atoms with van der Waals surface area (Å²) in [5.74, 6) is 0. The highest BCUT2D eigenvalue weighted by Crippen LogP contribution is 2.38. The zero-order chi connectivity index (χ0) is 17.1. The van der Waals surface area contributed by atoms with Crippen molar-refractivity contribution in [2.45, 2.75) is 0 Å². The highest BCUT2D eigenvalue weighted by atomic mass is 15.0. The van der Waals surface area contributed by atoms with Crippen LogP contribution in [0.5, 0.6) is 0 Å². The molecule has 3 aromatic heterocycles. The Morgan fingerprint density at radius 3 is 2.42 bits per heavy atom. The minimum absolute atomic E-state index is 1.08. The van der Waals surface area contributed by atoms with Crippen molar-refractivity contribution in [3.8, 4) is 5.69 Å². The predicted octanol–water partition coefficient (Wildman–Crippen LogP) is 5.81. The number of pyridine rings is 1. The molecule has 3 nitrogen and oxygen atoms in total. The van der Waals surface area contributed by atoms with Crippen molar-refractivity contribution >= 4 is 43.6 Å². The van der Waals surface area contributed by atoms with Gasteiger partial charge in [0, 0.05) is 33.3 Å². The summed E-state index contributed by atoms with van der Waals surface area (Å²) >= 11 is 0. The van der Waals surface area contributed by atoms with Gasteiger partial charge in [0.25, 0.3) is 0 Å². The van der Waals surface area contributed by atoms with Crippen LogP contribution in [0.25, 0.3) is 49.3 Å². The van der Waals surface area contributed by atoms with Gasteiger partial charge >= 0.3 is 0 Å². The fraction of sp³-hybridized carbons (Fsp3) is 0. The van der Waals surface area contributed by atoms with E-state index in [2.05, 4.69) is 81.3 Å². The molecule has 0 bridgehead atoms. The van der Waals surface area contributed by atoms with E-state index in [1.54, 1.807) is 0 Å². The SMILES string of the molecule is c1cncc(-n2c3ccccc3c3c4[nH]c5ccccc5c4ccc32)c1. The summed E-state index contributed by atoms with van der Waals surface area (Å²) in [6.07, 6.45) is 3.73. The predicted molar refractivity (Wildman–Crippen MR) is 108 cm³/mol. The van der Waals surface area contributed by atoms with Crippen molar-refractivity contribution in [1.82, 2.24) is 14.5 Å². The van der Waals surface area contributed by atoms with E-state index in [-0.39, 0.29) is 0 Å². The van der Waals surface area contributed by atoms with Crippen LogP contribution in [0, 0.1) is 0 Å². The Bertz CT molecular complexity index is 1420. The van der Waals surface area contributed by atoms with E-state index in [0.29, 0.717) is 0 Å². The van der Waals surface area contributed by atoms with Gasteiger partial charge in [-0.3, -0.25) is 4.98 Å². The number of nitrogens with one attached hydrogen (secondary N) is 1. The second-order valence-corrected chi connectivity index (χ2v) is 6.62. The number of aromatic amines is 1. The van der Waals surface area contributed by atoms with Gasteiger partial charge < -0.3 is 9.55 Å². The summed E-state index contributed by atoms with van der Waals surface area (Å²) in [6, 6.07) is 25.6. The van der Waals surface area contributed by atoms with Crippen LogP contribution in [-0.4, -0.2) is 14.5 Å². The van der Waals surface area contributed by atoms with Gasteiger partial charge in [-0.25, -0.2) is 0 Å². The van der Waals surface area contributed by atoms with E-state index in [0.717, 1.165) is 5.69 Å². The van der Waals surface area contributed by atoms with Crippen LogP contribution in [0.4, 0.5) is 0 Å². The fourth-order valence-corrected chi connectivity index (χ4v) is 4.14. The average Bonchev–Trinajstić information content (AvgIpc) is 3.24. The number of rotatable bonds is 1. The maximum Gasteiger partial charge on any atom is 0.0645 e. The normalized spacial score (nSPS) is 11.8. The van der Waals surface area contributed by atoms with E-state index in [1.165, 1.54) is 43.6 Å². The maximum atomic E-state index is 4.32. The Kier molecular flexibility index (Phi) is 2.61. The molecule has 0 amide bonds. The molecule has 6 aromatic rings. The molecule has 3 aromatic carbocycles. The Morgan fingerprint density at radius 1 is 0.692 bits per heavy atom. The van der Waals surface area contributed by atoms with Crippen LogP contribution in [0.3, 0.4) is 0 Å². The summed E-state index contributed by atoms with van der Waals surface area (Å²) in [7, 11) is 0. The Hall–Kier alpha value is -3.59. The molecule has 0 saturated heterocycles. The minimum atomic E-state index is 1.08. The van der Waals surface area contributed by atoms with E-state index < -0.39 is 0 Å². The van der Waals surface area contributed by atoms with Gasteiger partial charge in [0.1, 0.15) is 0 Å². The molecule has 0 radical (unpaired) electrons. The van der Waals surface area contributed by atoms with Gasteiger partial charge in [-0.15, -0.1) is 0 Å². The van der Waals surface area contributed by atoms with Crippen molar-refractivity contribution < 1.29 is 0 Å². The number of hydrogen-bond acceptors (Lipinski definition) is 1. The molecular weight excluding hydrogens is 318 g/mol. The summed E-state index contributed by atoms with van der Waals surface area (Å²) in [6.45, 7) is 0. The molecule has 0 aliphatic heterocycles. The topological polar surface area (TPSA) is 33.6 Å². The lowest BCUT2D eigenvalue weighted by atomic mass is 10.1. The maximum absolute atomic E-state index is 4.32. The number of para-hydroxylation sites is 2. The van der Waals surface area contributed by atoms with E-state index in [9.17, 15) is 0 Å². The van der Waals surface area contributed by atoms with Gasteiger partial charge in [0.15, 0.2) is 0 Å². The van der Waals surface area contributed by atoms with Crippen molar-refractivity contribution in [3.05, 3.63) is 85.2 Å². The highest BCUT2D eigenvalue weighted by Gasteiger charge is 2.16. The molecule has 0 fully saturated rings. The third-order valence-electron chi connectivity index (χ3n) is 5.22. The quantitative estimate of drug-likeness (QED) is 0.404. The molecule has 0 unspecified atom stereocenters. The molecule has 0 spiro atoms. The van der Waals surface area contributed by atoms with Crippen LogP contribution in [0.1, 0.15) is 0 Å². The number of benzene rings is 3. The number of aromatic nitrogens is 3. The lowest BCUT2D eigenvalue weighted by Crippen LogP contribution is -1.93. The zero-order valence-electron chi connectivity index (χ0n) is 14.0. The molecule has 3 heterocycles. The Balaban J connectivity index is 1.89. The first kappa shape index (κ1) is 13.7. The van der Waals surface area contributed by atoms with Crippen molar-refractivity contribution in [2.75, 3.05) is 0 Å². The average molecular weight is 333 g/mol. The largest absolute Gasteiger partial charge is 0.354 e. The molecule has 122 valence electrons. The second kappa shape index (κ2) is 4.96. The van der Waals surface area contributed by atoms with Gasteiger partial charge in [0.05, 0.1) is 28.4 Å². The first-order valence-corrected chi connectivity index (χ1v) is 8.75. The molecule has 0 aliphatic carbocycles. The third kappa shape index (κ3) is 1.69. The minimum Gasteiger partial charge on any atom is -0.354 e. The molecule has 0 aliphatic rings. The number of nitrogens with zero attached hydrogens (tertiary/aromatic N) is 2. The zero-order valence-corrected chi connectivity index (χ0v) is 14.0. The highest BCUT2D eigenvalue weighted by molar-refractivity contribution is 6.25. The van der Waals surface area contributed by atoms with Crippen LogP contribution in [0.2, 0.25) is 0 Å². The molecule has 6 rings (SSSR count). The fourth-order valence-electron chi connectivity index (χ4n) is 4.14. The molecule has 26 heavy (non-hydrogen) atoms. The van der Waals surface area contributed by atoms with Crippen molar-refractivity contribution in [1.29, 1.82) is 0 Å². The van der Waals surface area contributed by atoms with E-state index in [4.69, 9.17) is 0 Å². The second-order valence-electron chi connectivity index (χ2n) is 6.62. The lowest BCUT2D eigenvalue weighted by Gasteiger charge is -2.06. The number of H-pyrrole nitrogens is 1. The molecule has 0 atom stereocenters. The van der Waals surface area contributed by atoms with Crippen LogP contribution in [-0.2, 0) is 0 Å². The van der Waals surface area contributed by atoms with E-state index >= 15 is 0 Å². The number of fused-ring (bicyclic) bond motifs is 7. The first-order valence-electron chi connectivity index (χ1n) is 8.75. The van der Waals surface area contributed by atoms with Crippen LogP contribution >= 0.6 is 0 Å². The monoisotopic (exact) mass is 333 g/mol. The van der Waals surface area contributed by atoms with Gasteiger partial charge in [-0.1, -0.05) is 42.5 Å². The van der Waals surface area contributed by atoms with Crippen LogP contribution in [0.15, 0.2) is 85.2 Å². The van der Waals surface area contributed by atoms with E-state index in [1.807, 2.05) is 18.5 Å². The smallest absolute Gasteiger partial charge is 0.0645 e. The van der Waals surface area contributed by atoms with Gasteiger partial charge in [-0.2, -0.15) is 0 Å². The Labute approximate surface area is 149 Å². The molecule has 1 N–H and O–H groups in total. The Morgan fingerprint density at radius 2 is 1.54 bits per heavy atom. The van der Waals surface area contributed by atoms with Crippen LogP contribution < -0.4 is 0 Å². The number of hydrogen-bond donors (Lipinski definition) is 1. The molecule has 3 heteroatoms. The van der Waals surface area contributed by atoms with Gasteiger partial charge in [0.2, 0.25) is 0 Å². The molecule has 0 saturated carbocycles. The first-order chi connectivity index (χ1) is 12.9.